The van der Waals surface area contributed by atoms with Crippen LogP contribution in [-0.2, 0) is 65.4 Å². The smallest absolute Gasteiger partial charge is 0.462 e. The maximum atomic E-state index is 13.1. The molecule has 0 saturated carbocycles. The van der Waals surface area contributed by atoms with Gasteiger partial charge in [-0.05, 0) is 37.5 Å². The Balaban J connectivity index is 5.16. The van der Waals surface area contributed by atoms with E-state index >= 15 is 0 Å². The molecule has 0 aromatic carbocycles. The minimum absolute atomic E-state index is 0.102. The van der Waals surface area contributed by atoms with Crippen LogP contribution in [0.25, 0.3) is 0 Å². The highest BCUT2D eigenvalue weighted by atomic mass is 31.2. The lowest BCUT2D eigenvalue weighted by atomic mass is 10.0. The van der Waals surface area contributed by atoms with Gasteiger partial charge in [-0.2, -0.15) is 0 Å². The fourth-order valence-corrected chi connectivity index (χ4v) is 12.5. The summed E-state index contributed by atoms with van der Waals surface area (Å²) in [5.41, 5.74) is 0. The summed E-state index contributed by atoms with van der Waals surface area (Å²) in [4.78, 5) is 72.4. The zero-order valence-electron chi connectivity index (χ0n) is 59.1. The van der Waals surface area contributed by atoms with Crippen LogP contribution in [0.5, 0.6) is 0 Å². The molecule has 0 aromatic heterocycles. The van der Waals surface area contributed by atoms with Crippen molar-refractivity contribution in [3.8, 4) is 0 Å². The summed E-state index contributed by atoms with van der Waals surface area (Å²) >= 11 is 0. The number of hydrogen-bond donors (Lipinski definition) is 3. The molecule has 0 saturated heterocycles. The van der Waals surface area contributed by atoms with Gasteiger partial charge in [0.25, 0.3) is 0 Å². The highest BCUT2D eigenvalue weighted by molar-refractivity contribution is 7.47. The van der Waals surface area contributed by atoms with Gasteiger partial charge in [0.1, 0.15) is 19.3 Å². The topological polar surface area (TPSA) is 237 Å². The van der Waals surface area contributed by atoms with Gasteiger partial charge in [-0.15, -0.1) is 0 Å². The molecule has 0 radical (unpaired) electrons. The maximum Gasteiger partial charge on any atom is 0.472 e. The van der Waals surface area contributed by atoms with Crippen molar-refractivity contribution in [3.05, 3.63) is 0 Å². The van der Waals surface area contributed by atoms with Crippen LogP contribution in [0, 0.1) is 11.8 Å². The summed E-state index contributed by atoms with van der Waals surface area (Å²) in [5, 5.41) is 10.6. The molecular formula is C72H140O17P2. The van der Waals surface area contributed by atoms with Gasteiger partial charge in [-0.3, -0.25) is 37.3 Å². The Hall–Kier alpha value is -1.94. The number of phosphoric acid groups is 2. The number of aliphatic hydroxyl groups excluding tert-OH is 1. The third kappa shape index (κ3) is 66.5. The molecular weight excluding hydrogens is 1200 g/mol. The van der Waals surface area contributed by atoms with Gasteiger partial charge >= 0.3 is 39.5 Å². The molecule has 540 valence electrons. The van der Waals surface area contributed by atoms with Crippen molar-refractivity contribution in [2.24, 2.45) is 11.8 Å². The standard InChI is InChI=1S/C72H140O17P2/c1-7-9-11-13-15-16-17-18-19-20-21-22-23-24-25-30-33-37-44-50-56-71(76)88-67(61-83-70(75)55-49-43-36-32-29-27-26-28-31-35-40-46-52-64(3)4)62-86-90(78,79)84-58-66(73)59-85-91(80,81)87-63-68(60-82-69(74)54-48-42-34-14-12-10-8-2)89-72(77)57-51-45-39-38-41-47-53-65(5)6/h64-68,73H,7-63H2,1-6H3,(H,78,79)(H,80,81)/t66-,67-,68-/m1/s1. The van der Waals surface area contributed by atoms with E-state index in [0.29, 0.717) is 31.6 Å². The van der Waals surface area contributed by atoms with Gasteiger partial charge in [-0.25, -0.2) is 9.13 Å². The fourth-order valence-electron chi connectivity index (χ4n) is 10.9. The van der Waals surface area contributed by atoms with Crippen LogP contribution in [0.3, 0.4) is 0 Å². The number of carbonyl (C=O) groups is 4. The number of esters is 4. The van der Waals surface area contributed by atoms with Gasteiger partial charge in [-0.1, -0.05) is 318 Å². The second kappa shape index (κ2) is 64.1. The molecule has 0 bridgehead atoms. The molecule has 0 aromatic rings. The lowest BCUT2D eigenvalue weighted by molar-refractivity contribution is -0.161. The van der Waals surface area contributed by atoms with E-state index in [1.807, 2.05) is 0 Å². The zero-order valence-corrected chi connectivity index (χ0v) is 60.9. The minimum atomic E-state index is -4.95. The highest BCUT2D eigenvalue weighted by Crippen LogP contribution is 2.45. The van der Waals surface area contributed by atoms with Crippen LogP contribution in [-0.4, -0.2) is 96.7 Å². The quantitative estimate of drug-likeness (QED) is 0.0222. The molecule has 0 rings (SSSR count). The van der Waals surface area contributed by atoms with E-state index in [4.69, 9.17) is 37.0 Å². The number of carbonyl (C=O) groups excluding carboxylic acids is 4. The lowest BCUT2D eigenvalue weighted by Crippen LogP contribution is -2.30. The van der Waals surface area contributed by atoms with Crippen LogP contribution in [0.15, 0.2) is 0 Å². The average Bonchev–Trinajstić information content (AvgIpc) is 2.81. The average molecular weight is 1340 g/mol. The van der Waals surface area contributed by atoms with Crippen molar-refractivity contribution in [2.75, 3.05) is 39.6 Å². The molecule has 0 spiro atoms. The summed E-state index contributed by atoms with van der Waals surface area (Å²) in [6, 6.07) is 0. The summed E-state index contributed by atoms with van der Waals surface area (Å²) in [5.74, 6) is -0.680. The molecule has 0 aliphatic heterocycles. The second-order valence-corrected chi connectivity index (χ2v) is 29.8. The van der Waals surface area contributed by atoms with Crippen molar-refractivity contribution >= 4 is 39.5 Å². The monoisotopic (exact) mass is 1340 g/mol. The predicted molar refractivity (Wildman–Crippen MR) is 368 cm³/mol. The first-order valence-electron chi connectivity index (χ1n) is 37.5. The first-order valence-corrected chi connectivity index (χ1v) is 40.5. The van der Waals surface area contributed by atoms with Crippen molar-refractivity contribution in [1.29, 1.82) is 0 Å². The van der Waals surface area contributed by atoms with Crippen LogP contribution >= 0.6 is 15.6 Å². The summed E-state index contributed by atoms with van der Waals surface area (Å²) in [6.07, 6.45) is 50.4. The van der Waals surface area contributed by atoms with Crippen molar-refractivity contribution in [3.63, 3.8) is 0 Å². The van der Waals surface area contributed by atoms with Gasteiger partial charge < -0.3 is 33.8 Å². The number of hydrogen-bond acceptors (Lipinski definition) is 15. The van der Waals surface area contributed by atoms with Gasteiger partial charge in [0.2, 0.25) is 0 Å². The minimum Gasteiger partial charge on any atom is -0.462 e. The Kier molecular flexibility index (Phi) is 62.7. The van der Waals surface area contributed by atoms with E-state index in [-0.39, 0.29) is 25.7 Å². The van der Waals surface area contributed by atoms with Crippen LogP contribution in [0.2, 0.25) is 0 Å². The largest absolute Gasteiger partial charge is 0.472 e. The number of phosphoric ester groups is 2. The molecule has 2 unspecified atom stereocenters. The zero-order chi connectivity index (χ0) is 67.2. The van der Waals surface area contributed by atoms with Gasteiger partial charge in [0.05, 0.1) is 26.4 Å². The van der Waals surface area contributed by atoms with Crippen LogP contribution in [0.1, 0.15) is 369 Å². The Bertz CT molecular complexity index is 1770. The second-order valence-electron chi connectivity index (χ2n) is 26.9. The molecule has 0 amide bonds. The molecule has 3 N–H and O–H groups in total. The molecule has 0 fully saturated rings. The summed E-state index contributed by atoms with van der Waals surface area (Å²) < 4.78 is 68.2. The third-order valence-electron chi connectivity index (χ3n) is 16.7. The SMILES string of the molecule is CCCCCCCCCCCCCCCCCCCCCCC(=O)O[C@H](COC(=O)CCCCCCCCCCCCCCC(C)C)COP(=O)(O)OC[C@@H](O)COP(=O)(O)OC[C@@H](COC(=O)CCCCCCCCC)OC(=O)CCCCCCCCC(C)C. The van der Waals surface area contributed by atoms with Gasteiger partial charge in [0, 0.05) is 25.7 Å². The van der Waals surface area contributed by atoms with E-state index in [2.05, 4.69) is 41.5 Å². The number of rotatable bonds is 71. The molecule has 0 heterocycles. The van der Waals surface area contributed by atoms with E-state index < -0.39 is 97.5 Å². The Morgan fingerprint density at radius 1 is 0.297 bits per heavy atom. The number of ether oxygens (including phenoxy) is 4. The molecule has 5 atom stereocenters. The number of unbranched alkanes of at least 4 members (excludes halogenated alkanes) is 41. The maximum absolute atomic E-state index is 13.1. The van der Waals surface area contributed by atoms with Crippen molar-refractivity contribution < 1.29 is 80.2 Å². The third-order valence-corrected chi connectivity index (χ3v) is 18.6. The first kappa shape index (κ1) is 89.1. The van der Waals surface area contributed by atoms with Crippen LogP contribution in [0.4, 0.5) is 0 Å². The first-order chi connectivity index (χ1) is 43.9. The number of aliphatic hydroxyl groups is 1. The van der Waals surface area contributed by atoms with E-state index in [1.54, 1.807) is 0 Å². The van der Waals surface area contributed by atoms with Crippen molar-refractivity contribution in [2.45, 2.75) is 387 Å². The lowest BCUT2D eigenvalue weighted by Gasteiger charge is -2.21. The Morgan fingerprint density at radius 2 is 0.505 bits per heavy atom. The molecule has 19 heteroatoms. The molecule has 0 aliphatic rings. The Morgan fingerprint density at radius 3 is 0.747 bits per heavy atom. The molecule has 17 nitrogen and oxygen atoms in total. The van der Waals surface area contributed by atoms with Gasteiger partial charge in [0.15, 0.2) is 12.2 Å². The van der Waals surface area contributed by atoms with E-state index in [0.717, 1.165) is 109 Å². The van der Waals surface area contributed by atoms with E-state index in [1.165, 1.54) is 173 Å². The molecule has 0 aliphatic carbocycles. The normalized spacial score (nSPS) is 14.1. The van der Waals surface area contributed by atoms with Crippen LogP contribution < -0.4 is 0 Å². The Labute approximate surface area is 556 Å². The van der Waals surface area contributed by atoms with E-state index in [9.17, 15) is 43.2 Å². The summed E-state index contributed by atoms with van der Waals surface area (Å²) in [6.45, 7) is 9.44. The predicted octanol–water partition coefficient (Wildman–Crippen LogP) is 20.8. The molecule has 91 heavy (non-hydrogen) atoms. The van der Waals surface area contributed by atoms with Crippen molar-refractivity contribution in [1.82, 2.24) is 0 Å². The highest BCUT2D eigenvalue weighted by Gasteiger charge is 2.30. The fraction of sp³-hybridized carbons (Fsp3) is 0.944. The summed E-state index contributed by atoms with van der Waals surface area (Å²) in [7, 11) is -9.90.